The number of carbonyl (C=O) groups excluding carboxylic acids is 2. The van der Waals surface area contributed by atoms with Crippen LogP contribution in [0.4, 0.5) is 0 Å². The minimum Gasteiger partial charge on any atom is -0.465 e. The van der Waals surface area contributed by atoms with Crippen molar-refractivity contribution < 1.29 is 14.3 Å². The van der Waals surface area contributed by atoms with Gasteiger partial charge in [0, 0.05) is 32.5 Å². The van der Waals surface area contributed by atoms with Gasteiger partial charge in [0.15, 0.2) is 0 Å². The molecule has 1 amide bonds. The molecule has 0 atom stereocenters. The lowest BCUT2D eigenvalue weighted by Crippen LogP contribution is -2.24. The molecule has 0 aliphatic heterocycles. The van der Waals surface area contributed by atoms with Gasteiger partial charge in [-0.3, -0.25) is 4.79 Å². The van der Waals surface area contributed by atoms with Crippen LogP contribution < -0.4 is 0 Å². The third-order valence-corrected chi connectivity index (χ3v) is 2.85. The Morgan fingerprint density at radius 2 is 2.10 bits per heavy atom. The zero-order valence-electron chi connectivity index (χ0n) is 12.1. The van der Waals surface area contributed by atoms with Gasteiger partial charge in [0.05, 0.1) is 12.7 Å². The maximum absolute atomic E-state index is 11.4. The molecule has 1 aromatic rings. The minimum atomic E-state index is -0.364. The van der Waals surface area contributed by atoms with Crippen LogP contribution in [0.5, 0.6) is 0 Å². The predicted molar refractivity (Wildman–Crippen MR) is 77.2 cm³/mol. The van der Waals surface area contributed by atoms with E-state index >= 15 is 0 Å². The summed E-state index contributed by atoms with van der Waals surface area (Å²) >= 11 is 0. The van der Waals surface area contributed by atoms with Gasteiger partial charge < -0.3 is 9.64 Å². The molecule has 0 heterocycles. The molecule has 4 nitrogen and oxygen atoms in total. The summed E-state index contributed by atoms with van der Waals surface area (Å²) in [6.07, 6.45) is 1.54. The fourth-order valence-corrected chi connectivity index (χ4v) is 1.57. The Hall–Kier alpha value is -2.28. The Bertz CT molecular complexity index is 540. The molecule has 1 aromatic carbocycles. The van der Waals surface area contributed by atoms with Crippen LogP contribution in [0.1, 0.15) is 35.7 Å². The smallest absolute Gasteiger partial charge is 0.337 e. The molecule has 0 saturated carbocycles. The molecule has 0 N–H and O–H groups in total. The van der Waals surface area contributed by atoms with Crippen LogP contribution in [0.3, 0.4) is 0 Å². The Labute approximate surface area is 119 Å². The third kappa shape index (κ3) is 5.15. The number of carbonyl (C=O) groups is 2. The molecular formula is C16H19NO3. The summed E-state index contributed by atoms with van der Waals surface area (Å²) in [5.74, 6) is 5.74. The van der Waals surface area contributed by atoms with Gasteiger partial charge in [-0.05, 0) is 24.6 Å². The van der Waals surface area contributed by atoms with Gasteiger partial charge in [-0.25, -0.2) is 4.79 Å². The van der Waals surface area contributed by atoms with Crippen LogP contribution in [0, 0.1) is 11.8 Å². The second-order valence-electron chi connectivity index (χ2n) is 4.42. The quantitative estimate of drug-likeness (QED) is 0.479. The van der Waals surface area contributed by atoms with Crippen molar-refractivity contribution in [3.8, 4) is 11.8 Å². The first-order chi connectivity index (χ1) is 9.54. The number of methoxy groups -OCH3 is 1. The van der Waals surface area contributed by atoms with Crippen LogP contribution in [-0.2, 0) is 9.53 Å². The molecule has 0 aliphatic carbocycles. The van der Waals surface area contributed by atoms with E-state index in [1.165, 1.54) is 7.11 Å². The van der Waals surface area contributed by atoms with Crippen molar-refractivity contribution in [2.75, 3.05) is 20.7 Å². The summed E-state index contributed by atoms with van der Waals surface area (Å²) in [5.41, 5.74) is 1.28. The monoisotopic (exact) mass is 273 g/mol. The molecule has 0 aromatic heterocycles. The molecule has 0 unspecified atom stereocenters. The van der Waals surface area contributed by atoms with Gasteiger partial charge in [0.2, 0.25) is 5.91 Å². The summed E-state index contributed by atoms with van der Waals surface area (Å²) in [6, 6.07) is 7.03. The molecule has 1 rings (SSSR count). The standard InChI is InChI=1S/C16H19NO3/c1-13(18)17(2)11-6-4-5-8-14-9-7-10-15(12-14)16(19)20-3/h7,9-10,12H,4,6,11H2,1-3H3. The van der Waals surface area contributed by atoms with E-state index in [0.717, 1.165) is 12.0 Å². The van der Waals surface area contributed by atoms with Gasteiger partial charge in [-0.2, -0.15) is 0 Å². The number of hydrogen-bond acceptors (Lipinski definition) is 3. The number of ether oxygens (including phenoxy) is 1. The summed E-state index contributed by atoms with van der Waals surface area (Å²) in [5, 5.41) is 0. The molecule has 20 heavy (non-hydrogen) atoms. The SMILES string of the molecule is COC(=O)c1cccc(C#CCCCN(C)C(C)=O)c1. The average molecular weight is 273 g/mol. The van der Waals surface area contributed by atoms with Gasteiger partial charge in [0.1, 0.15) is 0 Å². The highest BCUT2D eigenvalue weighted by Crippen LogP contribution is 2.05. The van der Waals surface area contributed by atoms with Gasteiger partial charge in [-0.15, -0.1) is 0 Å². The van der Waals surface area contributed by atoms with E-state index in [1.54, 1.807) is 37.1 Å². The first kappa shape index (κ1) is 15.8. The topological polar surface area (TPSA) is 46.6 Å². The molecular weight excluding hydrogens is 254 g/mol. The molecule has 0 aliphatic rings. The molecule has 106 valence electrons. The Morgan fingerprint density at radius 1 is 1.35 bits per heavy atom. The van der Waals surface area contributed by atoms with E-state index in [0.29, 0.717) is 18.5 Å². The second-order valence-corrected chi connectivity index (χ2v) is 4.42. The summed E-state index contributed by atoms with van der Waals surface area (Å²) in [7, 11) is 3.13. The third-order valence-electron chi connectivity index (χ3n) is 2.85. The lowest BCUT2D eigenvalue weighted by atomic mass is 10.1. The average Bonchev–Trinajstić information content (AvgIpc) is 2.46. The number of hydrogen-bond donors (Lipinski definition) is 0. The lowest BCUT2D eigenvalue weighted by Gasteiger charge is -2.12. The number of amides is 1. The van der Waals surface area contributed by atoms with Crippen LogP contribution in [0.2, 0.25) is 0 Å². The van der Waals surface area contributed by atoms with Crippen LogP contribution in [0.15, 0.2) is 24.3 Å². The minimum absolute atomic E-state index is 0.0590. The van der Waals surface area contributed by atoms with Crippen molar-refractivity contribution >= 4 is 11.9 Å². The van der Waals surface area contributed by atoms with Crippen molar-refractivity contribution in [2.45, 2.75) is 19.8 Å². The number of rotatable bonds is 4. The van der Waals surface area contributed by atoms with Gasteiger partial charge in [-0.1, -0.05) is 17.9 Å². The molecule has 0 radical (unpaired) electrons. The van der Waals surface area contributed by atoms with Crippen molar-refractivity contribution in [2.24, 2.45) is 0 Å². The van der Waals surface area contributed by atoms with Gasteiger partial charge in [0.25, 0.3) is 0 Å². The molecule has 0 spiro atoms. The Kier molecular flexibility index (Phi) is 6.31. The van der Waals surface area contributed by atoms with Crippen molar-refractivity contribution in [3.63, 3.8) is 0 Å². The van der Waals surface area contributed by atoms with E-state index in [2.05, 4.69) is 16.6 Å². The maximum atomic E-state index is 11.4. The summed E-state index contributed by atoms with van der Waals surface area (Å²) < 4.78 is 4.66. The molecule has 0 saturated heterocycles. The fourth-order valence-electron chi connectivity index (χ4n) is 1.57. The van der Waals surface area contributed by atoms with E-state index in [9.17, 15) is 9.59 Å². The summed E-state index contributed by atoms with van der Waals surface area (Å²) in [6.45, 7) is 2.25. The van der Waals surface area contributed by atoms with E-state index < -0.39 is 0 Å². The van der Waals surface area contributed by atoms with Gasteiger partial charge >= 0.3 is 5.97 Å². The highest BCUT2D eigenvalue weighted by atomic mass is 16.5. The van der Waals surface area contributed by atoms with E-state index in [-0.39, 0.29) is 11.9 Å². The van der Waals surface area contributed by atoms with E-state index in [4.69, 9.17) is 0 Å². The Morgan fingerprint density at radius 3 is 2.75 bits per heavy atom. The lowest BCUT2D eigenvalue weighted by molar-refractivity contribution is -0.127. The maximum Gasteiger partial charge on any atom is 0.337 e. The number of esters is 1. The molecule has 0 fully saturated rings. The van der Waals surface area contributed by atoms with Crippen molar-refractivity contribution in [1.29, 1.82) is 0 Å². The number of nitrogens with zero attached hydrogens (tertiary/aromatic N) is 1. The first-order valence-corrected chi connectivity index (χ1v) is 6.43. The second kappa shape index (κ2) is 8.00. The first-order valence-electron chi connectivity index (χ1n) is 6.43. The van der Waals surface area contributed by atoms with Crippen molar-refractivity contribution in [3.05, 3.63) is 35.4 Å². The van der Waals surface area contributed by atoms with Crippen LogP contribution in [-0.4, -0.2) is 37.5 Å². The molecule has 4 heteroatoms. The summed E-state index contributed by atoms with van der Waals surface area (Å²) in [4.78, 5) is 24.0. The van der Waals surface area contributed by atoms with E-state index in [1.807, 2.05) is 6.07 Å². The largest absolute Gasteiger partial charge is 0.465 e. The number of benzene rings is 1. The van der Waals surface area contributed by atoms with Crippen LogP contribution in [0.25, 0.3) is 0 Å². The Balaban J connectivity index is 2.51. The number of unbranched alkanes of at least 4 members (excludes halogenated alkanes) is 1. The fraction of sp³-hybridized carbons (Fsp3) is 0.375. The van der Waals surface area contributed by atoms with Crippen molar-refractivity contribution in [1.82, 2.24) is 4.90 Å². The normalized spacial score (nSPS) is 9.35. The zero-order chi connectivity index (χ0) is 15.0. The highest BCUT2D eigenvalue weighted by Gasteiger charge is 2.04. The zero-order valence-corrected chi connectivity index (χ0v) is 12.1. The predicted octanol–water partition coefficient (Wildman–Crippen LogP) is 2.08. The van der Waals surface area contributed by atoms with Crippen LogP contribution >= 0.6 is 0 Å². The highest BCUT2D eigenvalue weighted by molar-refractivity contribution is 5.89. The molecule has 0 bridgehead atoms.